The number of anilines is 1. The summed E-state index contributed by atoms with van der Waals surface area (Å²) in [6.45, 7) is 2.68. The van der Waals surface area contributed by atoms with Crippen molar-refractivity contribution >= 4 is 5.82 Å². The van der Waals surface area contributed by atoms with E-state index in [1.165, 1.54) is 6.07 Å². The average Bonchev–Trinajstić information content (AvgIpc) is 2.17. The Morgan fingerprint density at radius 2 is 2.43 bits per heavy atom. The minimum atomic E-state index is -0.150. The highest BCUT2D eigenvalue weighted by Crippen LogP contribution is 1.98. The van der Waals surface area contributed by atoms with Crippen molar-refractivity contribution in [2.45, 2.75) is 19.8 Å². The molecular weight excluding hydrogens is 182 g/mol. The van der Waals surface area contributed by atoms with Gasteiger partial charge in [-0.1, -0.05) is 6.92 Å². The molecule has 0 aromatic carbocycles. The number of aromatic nitrogens is 2. The van der Waals surface area contributed by atoms with Gasteiger partial charge in [0.05, 0.1) is 0 Å². The fourth-order valence-electron chi connectivity index (χ4n) is 1.06. The normalized spacial score (nSPS) is 10.1. The van der Waals surface area contributed by atoms with Crippen molar-refractivity contribution in [2.75, 3.05) is 18.5 Å². The van der Waals surface area contributed by atoms with E-state index in [1.54, 1.807) is 0 Å². The molecule has 0 saturated carbocycles. The summed E-state index contributed by atoms with van der Waals surface area (Å²) in [5.41, 5.74) is -0.150. The van der Waals surface area contributed by atoms with Gasteiger partial charge in [-0.2, -0.15) is 0 Å². The Labute approximate surface area is 82.2 Å². The molecule has 5 heteroatoms. The van der Waals surface area contributed by atoms with E-state index < -0.39 is 0 Å². The second-order valence-electron chi connectivity index (χ2n) is 2.93. The average molecular weight is 197 g/mol. The Morgan fingerprint density at radius 1 is 1.64 bits per heavy atom. The summed E-state index contributed by atoms with van der Waals surface area (Å²) < 4.78 is 0. The predicted molar refractivity (Wildman–Crippen MR) is 54.4 cm³/mol. The molecule has 0 saturated heterocycles. The van der Waals surface area contributed by atoms with Crippen molar-refractivity contribution in [3.8, 4) is 0 Å². The van der Waals surface area contributed by atoms with Gasteiger partial charge in [-0.3, -0.25) is 4.79 Å². The highest BCUT2D eigenvalue weighted by Gasteiger charge is 1.98. The number of hydrogen-bond donors (Lipinski definition) is 3. The zero-order valence-corrected chi connectivity index (χ0v) is 8.21. The van der Waals surface area contributed by atoms with E-state index in [0.29, 0.717) is 31.0 Å². The van der Waals surface area contributed by atoms with E-state index in [9.17, 15) is 4.79 Å². The maximum Gasteiger partial charge on any atom is 0.252 e. The number of nitrogens with one attached hydrogen (secondary N) is 2. The Kier molecular flexibility index (Phi) is 4.12. The summed E-state index contributed by atoms with van der Waals surface area (Å²) in [7, 11) is 0. The first-order valence-corrected chi connectivity index (χ1v) is 4.71. The molecule has 0 radical (unpaired) electrons. The van der Waals surface area contributed by atoms with Crippen molar-refractivity contribution in [1.82, 2.24) is 9.97 Å². The van der Waals surface area contributed by atoms with Crippen molar-refractivity contribution in [3.63, 3.8) is 0 Å². The second kappa shape index (κ2) is 5.39. The Bertz CT molecular complexity index is 335. The fraction of sp³-hybridized carbons (Fsp3) is 0.556. The van der Waals surface area contributed by atoms with Crippen LogP contribution in [0.1, 0.15) is 19.2 Å². The van der Waals surface area contributed by atoms with Crippen molar-refractivity contribution < 1.29 is 5.11 Å². The van der Waals surface area contributed by atoms with Crippen LogP contribution in [0.15, 0.2) is 10.9 Å². The molecule has 0 fully saturated rings. The van der Waals surface area contributed by atoms with E-state index >= 15 is 0 Å². The summed E-state index contributed by atoms with van der Waals surface area (Å²) >= 11 is 0. The van der Waals surface area contributed by atoms with Crippen LogP contribution >= 0.6 is 0 Å². The van der Waals surface area contributed by atoms with Gasteiger partial charge in [0.2, 0.25) is 0 Å². The molecule has 14 heavy (non-hydrogen) atoms. The van der Waals surface area contributed by atoms with Gasteiger partial charge in [-0.25, -0.2) is 4.98 Å². The van der Waals surface area contributed by atoms with Crippen LogP contribution in [0.4, 0.5) is 5.82 Å². The molecule has 1 aromatic rings. The predicted octanol–water partition coefficient (Wildman–Crippen LogP) is 0.127. The monoisotopic (exact) mass is 197 g/mol. The lowest BCUT2D eigenvalue weighted by Gasteiger charge is -2.04. The van der Waals surface area contributed by atoms with E-state index in [-0.39, 0.29) is 12.2 Å². The molecular formula is C9H15N3O2. The molecule has 0 aliphatic heterocycles. The number of nitrogens with zero attached hydrogens (tertiary/aromatic N) is 1. The molecule has 1 heterocycles. The highest BCUT2D eigenvalue weighted by molar-refractivity contribution is 5.32. The molecule has 0 amide bonds. The van der Waals surface area contributed by atoms with Gasteiger partial charge in [-0.05, 0) is 6.42 Å². The number of aryl methyl sites for hydroxylation is 1. The molecule has 1 rings (SSSR count). The number of aromatic amines is 1. The number of aliphatic hydroxyl groups excluding tert-OH is 1. The van der Waals surface area contributed by atoms with Gasteiger partial charge in [0.25, 0.3) is 5.56 Å². The van der Waals surface area contributed by atoms with Crippen LogP contribution in [0, 0.1) is 0 Å². The third kappa shape index (κ3) is 3.18. The first-order chi connectivity index (χ1) is 6.76. The maximum atomic E-state index is 11.1. The summed E-state index contributed by atoms with van der Waals surface area (Å²) in [5, 5.41) is 11.5. The van der Waals surface area contributed by atoms with Crippen LogP contribution in [-0.2, 0) is 6.42 Å². The number of H-pyrrole nitrogens is 1. The molecule has 0 spiro atoms. The van der Waals surface area contributed by atoms with Crippen molar-refractivity contribution in [3.05, 3.63) is 22.2 Å². The van der Waals surface area contributed by atoms with Gasteiger partial charge in [0, 0.05) is 25.6 Å². The molecule has 0 aliphatic carbocycles. The summed E-state index contributed by atoms with van der Waals surface area (Å²) in [4.78, 5) is 17.9. The van der Waals surface area contributed by atoms with E-state index in [1.807, 2.05) is 6.92 Å². The van der Waals surface area contributed by atoms with Crippen molar-refractivity contribution in [2.24, 2.45) is 0 Å². The summed E-state index contributed by atoms with van der Waals surface area (Å²) in [6, 6.07) is 1.41. The van der Waals surface area contributed by atoms with E-state index in [4.69, 9.17) is 5.11 Å². The van der Waals surface area contributed by atoms with Crippen LogP contribution in [-0.4, -0.2) is 28.2 Å². The minimum absolute atomic E-state index is 0.136. The lowest BCUT2D eigenvalue weighted by Crippen LogP contribution is -2.14. The Hall–Kier alpha value is -1.36. The Morgan fingerprint density at radius 3 is 3.07 bits per heavy atom. The molecule has 78 valence electrons. The Balaban J connectivity index is 2.67. The maximum absolute atomic E-state index is 11.1. The molecule has 5 nitrogen and oxygen atoms in total. The van der Waals surface area contributed by atoms with Gasteiger partial charge in [0.1, 0.15) is 11.6 Å². The lowest BCUT2D eigenvalue weighted by atomic mass is 10.4. The number of aliphatic hydroxyl groups is 1. The third-order valence-electron chi connectivity index (χ3n) is 1.77. The van der Waals surface area contributed by atoms with Crippen LogP contribution < -0.4 is 10.9 Å². The van der Waals surface area contributed by atoms with Gasteiger partial charge in [0.15, 0.2) is 0 Å². The van der Waals surface area contributed by atoms with Crippen molar-refractivity contribution in [1.29, 1.82) is 0 Å². The third-order valence-corrected chi connectivity index (χ3v) is 1.77. The molecule has 0 bridgehead atoms. The molecule has 0 atom stereocenters. The van der Waals surface area contributed by atoms with Crippen LogP contribution in [0.3, 0.4) is 0 Å². The molecule has 0 aliphatic rings. The molecule has 0 unspecified atom stereocenters. The number of hydrogen-bond acceptors (Lipinski definition) is 4. The standard InChI is InChI=1S/C9H15N3O2/c1-2-7-11-8(6-9(14)12-7)10-4-3-5-13/h6,13H,2-5H2,1H3,(H2,10,11,12,14). The summed E-state index contributed by atoms with van der Waals surface area (Å²) in [6.07, 6.45) is 1.35. The van der Waals surface area contributed by atoms with Gasteiger partial charge < -0.3 is 15.4 Å². The van der Waals surface area contributed by atoms with Crippen LogP contribution in [0.5, 0.6) is 0 Å². The topological polar surface area (TPSA) is 78.0 Å². The summed E-state index contributed by atoms with van der Waals surface area (Å²) in [5.74, 6) is 1.24. The SMILES string of the molecule is CCc1nc(NCCCO)cc(=O)[nH]1. The number of rotatable bonds is 5. The quantitative estimate of drug-likeness (QED) is 0.586. The first kappa shape index (κ1) is 10.7. The fourth-order valence-corrected chi connectivity index (χ4v) is 1.06. The van der Waals surface area contributed by atoms with Crippen LogP contribution in [0.25, 0.3) is 0 Å². The van der Waals surface area contributed by atoms with Gasteiger partial charge in [-0.15, -0.1) is 0 Å². The zero-order chi connectivity index (χ0) is 10.4. The lowest BCUT2D eigenvalue weighted by molar-refractivity contribution is 0.292. The van der Waals surface area contributed by atoms with E-state index in [0.717, 1.165) is 0 Å². The van der Waals surface area contributed by atoms with E-state index in [2.05, 4.69) is 15.3 Å². The minimum Gasteiger partial charge on any atom is -0.396 e. The highest BCUT2D eigenvalue weighted by atomic mass is 16.3. The largest absolute Gasteiger partial charge is 0.396 e. The van der Waals surface area contributed by atoms with Crippen LogP contribution in [0.2, 0.25) is 0 Å². The molecule has 1 aromatic heterocycles. The first-order valence-electron chi connectivity index (χ1n) is 4.71. The van der Waals surface area contributed by atoms with Gasteiger partial charge >= 0.3 is 0 Å². The molecule has 3 N–H and O–H groups in total. The smallest absolute Gasteiger partial charge is 0.252 e. The second-order valence-corrected chi connectivity index (χ2v) is 2.93. The zero-order valence-electron chi connectivity index (χ0n) is 8.21.